The van der Waals surface area contributed by atoms with Crippen LogP contribution in [0.1, 0.15) is 51.1 Å². The van der Waals surface area contributed by atoms with Crippen molar-refractivity contribution in [2.45, 2.75) is 57.7 Å². The van der Waals surface area contributed by atoms with E-state index in [0.717, 1.165) is 31.7 Å². The molecule has 0 aromatic carbocycles. The molecular formula is C34H40F3N8NaO5. The maximum atomic E-state index is 13.9. The summed E-state index contributed by atoms with van der Waals surface area (Å²) in [6, 6.07) is 4.19. The number of methoxy groups -OCH3 is 1. The monoisotopic (exact) mass is 720 g/mol. The zero-order chi connectivity index (χ0) is 35.5. The largest absolute Gasteiger partial charge is 1.00 e. The Balaban J connectivity index is 0.00000504. The number of hydrogen-bond acceptors (Lipinski definition) is 12. The van der Waals surface area contributed by atoms with Crippen molar-refractivity contribution in [3.8, 4) is 28.7 Å². The van der Waals surface area contributed by atoms with E-state index >= 15 is 0 Å². The fraction of sp³-hybridized carbons (Fsp3) is 0.529. The minimum atomic E-state index is -4.69. The number of hydrogen-bond donors (Lipinski definition) is 1. The van der Waals surface area contributed by atoms with E-state index in [1.165, 1.54) is 6.07 Å². The first-order chi connectivity index (χ1) is 24.0. The molecule has 1 N–H and O–H groups in total. The van der Waals surface area contributed by atoms with Crippen molar-refractivity contribution in [2.24, 2.45) is 5.41 Å². The number of pyridine rings is 2. The van der Waals surface area contributed by atoms with Gasteiger partial charge in [0.25, 0.3) is 0 Å². The smallest absolute Gasteiger partial charge is 0.548 e. The van der Waals surface area contributed by atoms with Gasteiger partial charge in [0, 0.05) is 50.8 Å². The molecule has 0 unspecified atom stereocenters. The van der Waals surface area contributed by atoms with Crippen molar-refractivity contribution in [2.75, 3.05) is 63.4 Å². The third kappa shape index (κ3) is 9.09. The molecule has 51 heavy (non-hydrogen) atoms. The number of alkyl halides is 3. The SMILES string of the molecule is CCOc1cc(-c2cc(N(C)CC3(COC)CCCC3)c3[nH]c(-c4cnc(N5CCC(OCC(=O)[O-])CC5)cn4)nc3n2)cc(C(F)(F)F)n1.[Na+]. The molecule has 1 saturated carbocycles. The molecule has 2 fully saturated rings. The second kappa shape index (κ2) is 16.4. The van der Waals surface area contributed by atoms with E-state index in [4.69, 9.17) is 24.2 Å². The molecule has 268 valence electrons. The standard InChI is InChI=1S/C34H41F3N8O5.Na/c1-4-49-28-14-21(13-26(41-28)34(35,36)37)23-15-25(44(2)19-33(20-48-3)9-5-6-10-33)30-32(40-23)43-31(42-30)24-16-39-27(17-38-24)45-11-7-22(8-12-45)50-18-29(46)47;/h13-17,22H,4-12,18-20H2,1-3H3,(H,46,47)(H,40,42,43);/q;+1/p-1. The van der Waals surface area contributed by atoms with Gasteiger partial charge < -0.3 is 38.9 Å². The van der Waals surface area contributed by atoms with Crippen molar-refractivity contribution < 1.29 is 66.8 Å². The number of anilines is 2. The van der Waals surface area contributed by atoms with Gasteiger partial charge in [-0.2, -0.15) is 13.2 Å². The number of ether oxygens (including phenoxy) is 3. The Bertz CT molecular complexity index is 1800. The molecule has 17 heteroatoms. The fourth-order valence-corrected chi connectivity index (χ4v) is 6.97. The van der Waals surface area contributed by atoms with Gasteiger partial charge in [0.1, 0.15) is 22.7 Å². The van der Waals surface area contributed by atoms with Crippen LogP contribution in [0.5, 0.6) is 5.88 Å². The summed E-state index contributed by atoms with van der Waals surface area (Å²) in [7, 11) is 3.65. The van der Waals surface area contributed by atoms with Crippen molar-refractivity contribution in [1.82, 2.24) is 29.9 Å². The summed E-state index contributed by atoms with van der Waals surface area (Å²) in [5.74, 6) is -0.322. The van der Waals surface area contributed by atoms with Crippen LogP contribution < -0.4 is 49.2 Å². The number of halogens is 3. The number of imidazole rings is 1. The number of carbonyl (C=O) groups is 1. The van der Waals surface area contributed by atoms with Crippen LogP contribution in [0.25, 0.3) is 33.9 Å². The van der Waals surface area contributed by atoms with Gasteiger partial charge in [-0.3, -0.25) is 0 Å². The molecule has 2 aliphatic rings. The average molecular weight is 721 g/mol. The van der Waals surface area contributed by atoms with Gasteiger partial charge >= 0.3 is 35.7 Å². The van der Waals surface area contributed by atoms with Crippen LogP contribution in [-0.4, -0.2) is 95.6 Å². The maximum Gasteiger partial charge on any atom is 1.00 e. The van der Waals surface area contributed by atoms with Gasteiger partial charge in [-0.1, -0.05) is 12.8 Å². The van der Waals surface area contributed by atoms with E-state index in [2.05, 4.69) is 29.7 Å². The van der Waals surface area contributed by atoms with Gasteiger partial charge in [0.15, 0.2) is 11.5 Å². The van der Waals surface area contributed by atoms with E-state index in [0.29, 0.717) is 73.3 Å². The third-order valence-corrected chi connectivity index (χ3v) is 9.30. The first-order valence-corrected chi connectivity index (χ1v) is 16.7. The summed E-state index contributed by atoms with van der Waals surface area (Å²) in [5, 5.41) is 10.7. The Hall–Kier alpha value is -3.57. The van der Waals surface area contributed by atoms with Crippen LogP contribution in [0, 0.1) is 5.41 Å². The molecule has 4 aromatic heterocycles. The van der Waals surface area contributed by atoms with Gasteiger partial charge in [0.2, 0.25) is 5.88 Å². The number of nitrogens with zero attached hydrogens (tertiary/aromatic N) is 7. The maximum absolute atomic E-state index is 13.9. The number of carbonyl (C=O) groups excluding carboxylic acids is 1. The molecule has 1 aliphatic heterocycles. The van der Waals surface area contributed by atoms with Crippen LogP contribution in [0.4, 0.5) is 24.7 Å². The van der Waals surface area contributed by atoms with Crippen molar-refractivity contribution >= 4 is 28.6 Å². The molecular weight excluding hydrogens is 680 g/mol. The minimum absolute atomic E-state index is 0. The Morgan fingerprint density at radius 3 is 2.45 bits per heavy atom. The number of fused-ring (bicyclic) bond motifs is 1. The quantitative estimate of drug-likeness (QED) is 0.198. The van der Waals surface area contributed by atoms with Crippen LogP contribution in [0.2, 0.25) is 0 Å². The third-order valence-electron chi connectivity index (χ3n) is 9.30. The Morgan fingerprint density at radius 1 is 1.08 bits per heavy atom. The molecule has 4 aromatic rings. The summed E-state index contributed by atoms with van der Waals surface area (Å²) in [4.78, 5) is 40.6. The molecule has 0 radical (unpaired) electrons. The fourth-order valence-electron chi connectivity index (χ4n) is 6.97. The van der Waals surface area contributed by atoms with Gasteiger partial charge in [0.05, 0.1) is 55.7 Å². The second-order valence-electron chi connectivity index (χ2n) is 12.9. The first-order valence-electron chi connectivity index (χ1n) is 16.7. The summed E-state index contributed by atoms with van der Waals surface area (Å²) < 4.78 is 58.1. The van der Waals surface area contributed by atoms with Crippen molar-refractivity contribution in [1.29, 1.82) is 0 Å². The molecule has 0 amide bonds. The van der Waals surface area contributed by atoms with E-state index in [-0.39, 0.29) is 64.8 Å². The van der Waals surface area contributed by atoms with Crippen LogP contribution in [0.15, 0.2) is 30.6 Å². The molecule has 1 saturated heterocycles. The molecule has 0 bridgehead atoms. The van der Waals surface area contributed by atoms with Crippen LogP contribution >= 0.6 is 0 Å². The number of aromatic amines is 1. The number of rotatable bonds is 13. The second-order valence-corrected chi connectivity index (χ2v) is 12.9. The van der Waals surface area contributed by atoms with Crippen LogP contribution in [0.3, 0.4) is 0 Å². The zero-order valence-corrected chi connectivity index (χ0v) is 31.3. The van der Waals surface area contributed by atoms with E-state index in [1.54, 1.807) is 32.5 Å². The molecule has 0 spiro atoms. The number of aromatic nitrogens is 6. The minimum Gasteiger partial charge on any atom is -0.548 e. The van der Waals surface area contributed by atoms with E-state index in [1.807, 2.05) is 7.05 Å². The average Bonchev–Trinajstić information content (AvgIpc) is 3.74. The number of carboxylic acid groups (broad SMARTS) is 1. The number of aliphatic carboxylic acids is 1. The summed E-state index contributed by atoms with van der Waals surface area (Å²) >= 11 is 0. The Morgan fingerprint density at radius 2 is 1.82 bits per heavy atom. The van der Waals surface area contributed by atoms with E-state index in [9.17, 15) is 23.1 Å². The molecule has 5 heterocycles. The topological polar surface area (TPSA) is 155 Å². The van der Waals surface area contributed by atoms with Gasteiger partial charge in [-0.25, -0.2) is 24.9 Å². The molecule has 0 atom stereocenters. The summed E-state index contributed by atoms with van der Waals surface area (Å²) in [5.41, 5.74) is 1.42. The summed E-state index contributed by atoms with van der Waals surface area (Å²) in [6.07, 6.45) is 3.90. The van der Waals surface area contributed by atoms with E-state index < -0.39 is 24.4 Å². The molecule has 13 nitrogen and oxygen atoms in total. The predicted octanol–water partition coefficient (Wildman–Crippen LogP) is 1.28. The first kappa shape index (κ1) is 38.7. The number of H-pyrrole nitrogens is 1. The number of carboxylic acids is 1. The zero-order valence-electron chi connectivity index (χ0n) is 29.3. The normalized spacial score (nSPS) is 16.3. The van der Waals surface area contributed by atoms with Crippen molar-refractivity contribution in [3.05, 3.63) is 36.3 Å². The summed E-state index contributed by atoms with van der Waals surface area (Å²) in [6.45, 7) is 3.90. The van der Waals surface area contributed by atoms with Gasteiger partial charge in [-0.15, -0.1) is 0 Å². The Labute approximate surface area is 315 Å². The van der Waals surface area contributed by atoms with Gasteiger partial charge in [-0.05, 0) is 44.7 Å². The van der Waals surface area contributed by atoms with Crippen molar-refractivity contribution in [3.63, 3.8) is 0 Å². The van der Waals surface area contributed by atoms with Crippen LogP contribution in [-0.2, 0) is 20.4 Å². The number of piperidine rings is 1. The Kier molecular flexibility index (Phi) is 12.4. The number of nitrogens with one attached hydrogen (secondary N) is 1. The predicted molar refractivity (Wildman–Crippen MR) is 177 cm³/mol. The molecule has 6 rings (SSSR count). The molecule has 1 aliphatic carbocycles.